The zero-order chi connectivity index (χ0) is 20.2. The molecule has 0 saturated carbocycles. The number of amides is 1. The van der Waals surface area contributed by atoms with Gasteiger partial charge in [-0.2, -0.15) is 0 Å². The molecule has 0 spiro atoms. The standard InChI is InChI=1S/C24H17N3OS2/c25-21-15-13-14-7-1-2-8-16(14)26-23(15)30-22(21)24(28)27-17-9-3-5-11-19(17)29-20-12-6-4-10-18(20)27/h3-5,9-11,13H,1-2,7-8,25H2. The molecule has 1 aliphatic carbocycles. The summed E-state index contributed by atoms with van der Waals surface area (Å²) in [5.41, 5.74) is 11.2. The highest BCUT2D eigenvalue weighted by molar-refractivity contribution is 7.99. The summed E-state index contributed by atoms with van der Waals surface area (Å²) in [5.74, 6) is -0.123. The summed E-state index contributed by atoms with van der Waals surface area (Å²) >= 11 is 3.00. The molecule has 3 heterocycles. The summed E-state index contributed by atoms with van der Waals surface area (Å²) in [7, 11) is 0. The first kappa shape index (κ1) is 17.8. The number of nitrogens with two attached hydrogens (primary N) is 1. The molecule has 0 saturated heterocycles. The molecule has 4 aromatic rings. The number of nitrogen functional groups attached to an aromatic ring is 1. The van der Waals surface area contributed by atoms with Gasteiger partial charge in [0.1, 0.15) is 9.71 Å². The largest absolute Gasteiger partial charge is 0.397 e. The fourth-order valence-electron chi connectivity index (χ4n) is 4.23. The van der Waals surface area contributed by atoms with Crippen LogP contribution in [-0.4, -0.2) is 10.9 Å². The van der Waals surface area contributed by atoms with E-state index in [2.05, 4.69) is 18.2 Å². The van der Waals surface area contributed by atoms with Crippen molar-refractivity contribution in [3.63, 3.8) is 0 Å². The van der Waals surface area contributed by atoms with E-state index in [1.807, 2.05) is 30.3 Å². The number of hydrogen-bond acceptors (Lipinski definition) is 5. The predicted octanol–water partition coefficient (Wildman–Crippen LogP) is 5.80. The van der Waals surface area contributed by atoms with E-state index in [1.54, 1.807) is 22.7 Å². The zero-order valence-corrected chi connectivity index (χ0v) is 17.7. The predicted molar refractivity (Wildman–Crippen MR) is 122 cm³/mol. The van der Waals surface area contributed by atoms with Gasteiger partial charge in [0.05, 0.1) is 22.0 Å². The van der Waals surface area contributed by atoms with Gasteiger partial charge >= 0.3 is 0 Å². The van der Waals surface area contributed by atoms with Crippen LogP contribution in [0.5, 0.6) is 0 Å². The summed E-state index contributed by atoms with van der Waals surface area (Å²) in [6.45, 7) is 0. The Bertz CT molecular complexity index is 1280. The van der Waals surface area contributed by atoms with E-state index in [0.29, 0.717) is 10.6 Å². The number of fused-ring (bicyclic) bond motifs is 4. The topological polar surface area (TPSA) is 59.2 Å². The Balaban J connectivity index is 1.52. The summed E-state index contributed by atoms with van der Waals surface area (Å²) < 4.78 is 0. The second kappa shape index (κ2) is 6.76. The van der Waals surface area contributed by atoms with Crippen molar-refractivity contribution in [2.45, 2.75) is 35.5 Å². The van der Waals surface area contributed by atoms with Crippen LogP contribution in [0.4, 0.5) is 17.1 Å². The zero-order valence-electron chi connectivity index (χ0n) is 16.1. The number of carbonyl (C=O) groups is 1. The fourth-order valence-corrected chi connectivity index (χ4v) is 6.26. The van der Waals surface area contributed by atoms with Crippen LogP contribution < -0.4 is 10.6 Å². The lowest BCUT2D eigenvalue weighted by Gasteiger charge is -2.29. The highest BCUT2D eigenvalue weighted by Crippen LogP contribution is 2.48. The molecular weight excluding hydrogens is 410 g/mol. The van der Waals surface area contributed by atoms with Crippen LogP contribution in [-0.2, 0) is 12.8 Å². The Hall–Kier alpha value is -3.01. The Labute approximate surface area is 182 Å². The van der Waals surface area contributed by atoms with Crippen LogP contribution in [0.15, 0.2) is 52.3 Å². The van der Waals surface area contributed by atoms with Crippen molar-refractivity contribution in [1.29, 1.82) is 0 Å². The molecular formula is C24H17N3OS2. The van der Waals surface area contributed by atoms with Crippen molar-refractivity contribution in [2.75, 3.05) is 10.6 Å². The number of pyridine rings is 1. The maximum absolute atomic E-state index is 13.8. The van der Waals surface area contributed by atoms with E-state index in [9.17, 15) is 4.79 Å². The van der Waals surface area contributed by atoms with Crippen LogP contribution in [0, 0.1) is 12.1 Å². The molecule has 2 aromatic carbocycles. The van der Waals surface area contributed by atoms with Crippen molar-refractivity contribution in [3.8, 4) is 0 Å². The van der Waals surface area contributed by atoms with Gasteiger partial charge in [-0.05, 0) is 61.6 Å². The minimum absolute atomic E-state index is 0.123. The smallest absolute Gasteiger partial charge is 0.275 e. The molecule has 0 atom stereocenters. The second-order valence-corrected chi connectivity index (χ2v) is 9.58. The van der Waals surface area contributed by atoms with Crippen LogP contribution in [0.3, 0.4) is 0 Å². The van der Waals surface area contributed by atoms with Gasteiger partial charge in [-0.25, -0.2) is 4.98 Å². The minimum atomic E-state index is -0.123. The molecule has 2 aliphatic rings. The van der Waals surface area contributed by atoms with Gasteiger partial charge in [0.2, 0.25) is 0 Å². The SMILES string of the molecule is Nc1c(C(=O)N2c3ccc#cc3Sc3ccccc32)sc2nc3c(cc12)CCCC3. The van der Waals surface area contributed by atoms with Gasteiger partial charge in [0.25, 0.3) is 5.91 Å². The molecule has 1 amide bonds. The van der Waals surface area contributed by atoms with Gasteiger partial charge in [-0.15, -0.1) is 11.3 Å². The van der Waals surface area contributed by atoms with Gasteiger partial charge < -0.3 is 5.73 Å². The third-order valence-corrected chi connectivity index (χ3v) is 7.88. The molecule has 6 heteroatoms. The molecule has 0 fully saturated rings. The number of thiophene rings is 1. The second-order valence-electron chi connectivity index (χ2n) is 7.53. The van der Waals surface area contributed by atoms with Crippen LogP contribution in [0.2, 0.25) is 0 Å². The lowest BCUT2D eigenvalue weighted by atomic mass is 9.95. The summed E-state index contributed by atoms with van der Waals surface area (Å²) in [6, 6.07) is 19.9. The number of carbonyl (C=O) groups excluding carboxylic acids is 1. The van der Waals surface area contributed by atoms with Gasteiger partial charge in [-0.3, -0.25) is 9.69 Å². The van der Waals surface area contributed by atoms with Crippen LogP contribution in [0.1, 0.15) is 33.8 Å². The van der Waals surface area contributed by atoms with Crippen molar-refractivity contribution < 1.29 is 4.79 Å². The van der Waals surface area contributed by atoms with E-state index in [1.165, 1.54) is 29.7 Å². The first-order chi connectivity index (χ1) is 14.7. The highest BCUT2D eigenvalue weighted by atomic mass is 32.2. The van der Waals surface area contributed by atoms with Gasteiger partial charge in [0, 0.05) is 16.0 Å². The van der Waals surface area contributed by atoms with Crippen LogP contribution >= 0.6 is 23.1 Å². The fraction of sp³-hybridized carbons (Fsp3) is 0.167. The molecule has 1 aliphatic heterocycles. The number of benzene rings is 1. The molecule has 2 N–H and O–H groups in total. The lowest BCUT2D eigenvalue weighted by Crippen LogP contribution is -2.28. The number of para-hydroxylation sites is 1. The first-order valence-electron chi connectivity index (χ1n) is 9.95. The maximum Gasteiger partial charge on any atom is 0.275 e. The Morgan fingerprint density at radius 2 is 2.00 bits per heavy atom. The minimum Gasteiger partial charge on any atom is -0.397 e. The molecule has 146 valence electrons. The molecule has 0 unspecified atom stereocenters. The third-order valence-electron chi connectivity index (χ3n) is 5.70. The number of nitrogens with zero attached hydrogens (tertiary/aromatic N) is 2. The average Bonchev–Trinajstić information content (AvgIpc) is 3.11. The van der Waals surface area contributed by atoms with Crippen molar-refractivity contribution in [2.24, 2.45) is 0 Å². The number of hydrogen-bond donors (Lipinski definition) is 1. The van der Waals surface area contributed by atoms with Crippen molar-refractivity contribution in [3.05, 3.63) is 70.7 Å². The molecule has 0 bridgehead atoms. The molecule has 0 radical (unpaired) electrons. The Morgan fingerprint density at radius 1 is 1.13 bits per heavy atom. The number of anilines is 3. The lowest BCUT2D eigenvalue weighted by molar-refractivity contribution is 0.100. The van der Waals surface area contributed by atoms with Crippen LogP contribution in [0.25, 0.3) is 10.2 Å². The van der Waals surface area contributed by atoms with E-state index < -0.39 is 0 Å². The maximum atomic E-state index is 13.8. The number of rotatable bonds is 1. The Kier molecular flexibility index (Phi) is 4.02. The van der Waals surface area contributed by atoms with Gasteiger partial charge in [-0.1, -0.05) is 36.0 Å². The molecule has 30 heavy (non-hydrogen) atoms. The van der Waals surface area contributed by atoms with E-state index in [-0.39, 0.29) is 5.91 Å². The average molecular weight is 428 g/mol. The monoisotopic (exact) mass is 427 g/mol. The summed E-state index contributed by atoms with van der Waals surface area (Å²) in [4.78, 5) is 23.8. The quantitative estimate of drug-likeness (QED) is 0.417. The summed E-state index contributed by atoms with van der Waals surface area (Å²) in [6.07, 6.45) is 4.39. The number of aromatic nitrogens is 1. The van der Waals surface area contributed by atoms with Gasteiger partial charge in [0.15, 0.2) is 0 Å². The van der Waals surface area contributed by atoms with Crippen molar-refractivity contribution in [1.82, 2.24) is 4.98 Å². The summed E-state index contributed by atoms with van der Waals surface area (Å²) in [5, 5.41) is 0.900. The normalized spacial score (nSPS) is 14.6. The van der Waals surface area contributed by atoms with E-state index >= 15 is 0 Å². The van der Waals surface area contributed by atoms with E-state index in [0.717, 1.165) is 49.9 Å². The van der Waals surface area contributed by atoms with Crippen molar-refractivity contribution >= 4 is 56.3 Å². The van der Waals surface area contributed by atoms with E-state index in [4.69, 9.17) is 10.7 Å². The number of aryl methyl sites for hydroxylation is 2. The molecule has 4 nitrogen and oxygen atoms in total. The third kappa shape index (κ3) is 2.63. The Morgan fingerprint density at radius 3 is 2.93 bits per heavy atom. The molecule has 2 aromatic heterocycles. The first-order valence-corrected chi connectivity index (χ1v) is 11.6. The highest BCUT2D eigenvalue weighted by Gasteiger charge is 2.31. The molecule has 6 rings (SSSR count).